The van der Waals surface area contributed by atoms with Crippen molar-refractivity contribution < 1.29 is 14.3 Å². The van der Waals surface area contributed by atoms with Gasteiger partial charge in [-0.05, 0) is 42.6 Å². The maximum atomic E-state index is 12.3. The summed E-state index contributed by atoms with van der Waals surface area (Å²) in [6.45, 7) is 3.42. The molecule has 0 saturated heterocycles. The Labute approximate surface area is 211 Å². The molecule has 0 aliphatic carbocycles. The van der Waals surface area contributed by atoms with Crippen LogP contribution in [0.25, 0.3) is 0 Å². The van der Waals surface area contributed by atoms with E-state index in [1.54, 1.807) is 5.38 Å². The van der Waals surface area contributed by atoms with E-state index < -0.39 is 0 Å². The zero-order valence-corrected chi connectivity index (χ0v) is 21.0. The van der Waals surface area contributed by atoms with E-state index in [0.29, 0.717) is 23.8 Å². The number of hydrogen-bond donors (Lipinski definition) is 3. The summed E-state index contributed by atoms with van der Waals surface area (Å²) in [6.07, 6.45) is 4.14. The van der Waals surface area contributed by atoms with Crippen molar-refractivity contribution in [3.05, 3.63) is 76.1 Å². The Morgan fingerprint density at radius 2 is 1.86 bits per heavy atom. The molecule has 3 rings (SSSR count). The van der Waals surface area contributed by atoms with Gasteiger partial charge in [-0.25, -0.2) is 4.98 Å². The van der Waals surface area contributed by atoms with E-state index in [0.717, 1.165) is 49.0 Å². The molecule has 1 aromatic heterocycles. The summed E-state index contributed by atoms with van der Waals surface area (Å²) in [6, 6.07) is 17.6. The van der Waals surface area contributed by atoms with Crippen LogP contribution in [0.15, 0.2) is 60.0 Å². The number of rotatable bonds is 14. The molecule has 35 heavy (non-hydrogen) atoms. The topological polar surface area (TPSA) is 106 Å². The summed E-state index contributed by atoms with van der Waals surface area (Å²) in [5, 5.41) is 8.73. The molecule has 8 heteroatoms. The van der Waals surface area contributed by atoms with Crippen molar-refractivity contribution in [1.82, 2.24) is 10.3 Å². The standard InChI is InChI=1S/C27H34N4O3S/c1-2-3-5-10-27(33)34-23(21-8-6-4-7-9-21)18-29-16-15-20-11-13-22(14-12-20)30-25(32)17-26-31-24(28)19-35-26/h4,6-9,11-14,19,23,29H,2-3,5,10,15-18,28H2,1H3,(H,30,32)/t23-/m0/s1. The van der Waals surface area contributed by atoms with Crippen LogP contribution in [-0.2, 0) is 27.2 Å². The summed E-state index contributed by atoms with van der Waals surface area (Å²) in [7, 11) is 0. The van der Waals surface area contributed by atoms with Crippen molar-refractivity contribution in [2.24, 2.45) is 0 Å². The number of thiazole rings is 1. The highest BCUT2D eigenvalue weighted by Crippen LogP contribution is 2.18. The number of ether oxygens (including phenoxy) is 1. The fraction of sp³-hybridized carbons (Fsp3) is 0.370. The molecule has 186 valence electrons. The minimum Gasteiger partial charge on any atom is -0.456 e. The predicted octanol–water partition coefficient (Wildman–Crippen LogP) is 4.90. The molecule has 0 unspecified atom stereocenters. The Hall–Kier alpha value is -3.23. The molecule has 1 amide bonds. The normalized spacial score (nSPS) is 11.7. The monoisotopic (exact) mass is 494 g/mol. The SMILES string of the molecule is CCCCCC(=O)O[C@@H](CNCCc1ccc(NC(=O)Cc2nc(N)cs2)cc1)c1ccccc1. The lowest BCUT2D eigenvalue weighted by molar-refractivity contribution is -0.149. The Kier molecular flexibility index (Phi) is 10.7. The lowest BCUT2D eigenvalue weighted by atomic mass is 10.1. The molecule has 0 fully saturated rings. The smallest absolute Gasteiger partial charge is 0.306 e. The zero-order valence-electron chi connectivity index (χ0n) is 20.2. The maximum Gasteiger partial charge on any atom is 0.306 e. The minimum atomic E-state index is -0.309. The van der Waals surface area contributed by atoms with Crippen molar-refractivity contribution in [2.75, 3.05) is 24.1 Å². The van der Waals surface area contributed by atoms with Gasteiger partial charge in [-0.1, -0.05) is 62.2 Å². The van der Waals surface area contributed by atoms with Crippen LogP contribution in [0.5, 0.6) is 0 Å². The first-order chi connectivity index (χ1) is 17.0. The molecule has 1 atom stereocenters. The number of benzene rings is 2. The molecule has 0 bridgehead atoms. The number of esters is 1. The number of nitrogens with one attached hydrogen (secondary N) is 2. The largest absolute Gasteiger partial charge is 0.456 e. The van der Waals surface area contributed by atoms with Crippen molar-refractivity contribution in [2.45, 2.75) is 51.6 Å². The third-order valence-corrected chi connectivity index (χ3v) is 6.34. The summed E-state index contributed by atoms with van der Waals surface area (Å²) < 4.78 is 5.78. The van der Waals surface area contributed by atoms with Gasteiger partial charge in [0.15, 0.2) is 0 Å². The van der Waals surface area contributed by atoms with Gasteiger partial charge in [0.1, 0.15) is 16.9 Å². The summed E-state index contributed by atoms with van der Waals surface area (Å²) in [5.74, 6) is 0.172. The van der Waals surface area contributed by atoms with Crippen LogP contribution in [0, 0.1) is 0 Å². The highest BCUT2D eigenvalue weighted by molar-refractivity contribution is 7.10. The van der Waals surface area contributed by atoms with Crippen molar-refractivity contribution >= 4 is 34.7 Å². The molecule has 3 aromatic rings. The fourth-order valence-corrected chi connectivity index (χ4v) is 4.28. The molecular weight excluding hydrogens is 460 g/mol. The van der Waals surface area contributed by atoms with Gasteiger partial charge in [0.2, 0.25) is 5.91 Å². The number of carbonyl (C=O) groups is 2. The van der Waals surface area contributed by atoms with Crippen molar-refractivity contribution in [3.8, 4) is 0 Å². The second-order valence-electron chi connectivity index (χ2n) is 8.39. The molecule has 0 spiro atoms. The molecular formula is C27H34N4O3S. The van der Waals surface area contributed by atoms with Gasteiger partial charge in [-0.2, -0.15) is 0 Å². The van der Waals surface area contributed by atoms with Crippen LogP contribution in [0.4, 0.5) is 11.5 Å². The van der Waals surface area contributed by atoms with Gasteiger partial charge in [0, 0.05) is 24.0 Å². The van der Waals surface area contributed by atoms with E-state index in [2.05, 4.69) is 22.5 Å². The van der Waals surface area contributed by atoms with Gasteiger partial charge in [0.25, 0.3) is 0 Å². The molecule has 0 aliphatic rings. The van der Waals surface area contributed by atoms with E-state index in [1.807, 2.05) is 54.6 Å². The number of nitrogens with two attached hydrogens (primary N) is 1. The highest BCUT2D eigenvalue weighted by Gasteiger charge is 2.16. The average Bonchev–Trinajstić information content (AvgIpc) is 3.27. The second-order valence-corrected chi connectivity index (χ2v) is 9.33. The van der Waals surface area contributed by atoms with Gasteiger partial charge in [-0.15, -0.1) is 11.3 Å². The van der Waals surface area contributed by atoms with Crippen LogP contribution < -0.4 is 16.4 Å². The molecule has 0 radical (unpaired) electrons. The van der Waals surface area contributed by atoms with Gasteiger partial charge in [-0.3, -0.25) is 9.59 Å². The number of nitrogen functional groups attached to an aromatic ring is 1. The van der Waals surface area contributed by atoms with E-state index in [1.165, 1.54) is 11.3 Å². The average molecular weight is 495 g/mol. The lowest BCUT2D eigenvalue weighted by Crippen LogP contribution is -2.27. The molecule has 7 nitrogen and oxygen atoms in total. The molecule has 4 N–H and O–H groups in total. The van der Waals surface area contributed by atoms with E-state index in [-0.39, 0.29) is 24.4 Å². The van der Waals surface area contributed by atoms with E-state index in [4.69, 9.17) is 10.5 Å². The third-order valence-electron chi connectivity index (χ3n) is 5.47. The van der Waals surface area contributed by atoms with Crippen LogP contribution in [0.3, 0.4) is 0 Å². The van der Waals surface area contributed by atoms with Crippen LogP contribution in [-0.4, -0.2) is 29.9 Å². The number of hydrogen-bond acceptors (Lipinski definition) is 7. The Morgan fingerprint density at radius 3 is 2.54 bits per heavy atom. The molecule has 0 saturated carbocycles. The number of amides is 1. The van der Waals surface area contributed by atoms with Crippen LogP contribution >= 0.6 is 11.3 Å². The van der Waals surface area contributed by atoms with Gasteiger partial charge >= 0.3 is 5.97 Å². The summed E-state index contributed by atoms with van der Waals surface area (Å²) >= 11 is 1.38. The number of carbonyl (C=O) groups excluding carboxylic acids is 2. The van der Waals surface area contributed by atoms with E-state index in [9.17, 15) is 9.59 Å². The van der Waals surface area contributed by atoms with Gasteiger partial charge < -0.3 is 21.1 Å². The first kappa shape index (κ1) is 26.4. The van der Waals surface area contributed by atoms with Crippen molar-refractivity contribution in [3.63, 3.8) is 0 Å². The minimum absolute atomic E-state index is 0.120. The highest BCUT2D eigenvalue weighted by atomic mass is 32.1. The fourth-order valence-electron chi connectivity index (χ4n) is 3.60. The third kappa shape index (κ3) is 9.50. The maximum absolute atomic E-state index is 12.3. The second kappa shape index (κ2) is 14.2. The van der Waals surface area contributed by atoms with Crippen LogP contribution in [0.1, 0.15) is 54.8 Å². The number of anilines is 2. The number of aromatic nitrogens is 1. The lowest BCUT2D eigenvalue weighted by Gasteiger charge is -2.19. The Morgan fingerprint density at radius 1 is 1.09 bits per heavy atom. The van der Waals surface area contributed by atoms with Crippen molar-refractivity contribution in [1.29, 1.82) is 0 Å². The molecule has 1 heterocycles. The predicted molar refractivity (Wildman–Crippen MR) is 141 cm³/mol. The zero-order chi connectivity index (χ0) is 24.9. The number of nitrogens with zero attached hydrogens (tertiary/aromatic N) is 1. The molecule has 2 aromatic carbocycles. The van der Waals surface area contributed by atoms with E-state index >= 15 is 0 Å². The quantitative estimate of drug-likeness (QED) is 0.217. The first-order valence-electron chi connectivity index (χ1n) is 12.1. The summed E-state index contributed by atoms with van der Waals surface area (Å²) in [5.41, 5.74) is 8.49. The van der Waals surface area contributed by atoms with Gasteiger partial charge in [0.05, 0.1) is 6.42 Å². The summed E-state index contributed by atoms with van der Waals surface area (Å²) in [4.78, 5) is 28.6. The molecule has 0 aliphatic heterocycles. The Bertz CT molecular complexity index is 1050. The first-order valence-corrected chi connectivity index (χ1v) is 12.9. The Balaban J connectivity index is 1.43. The number of unbranched alkanes of at least 4 members (excludes halogenated alkanes) is 2. The van der Waals surface area contributed by atoms with Crippen LogP contribution in [0.2, 0.25) is 0 Å².